The molecule has 0 fully saturated rings. The molecule has 85 valence electrons. The average Bonchev–Trinajstić information content (AvgIpc) is 2.03. The number of carbonyl (C=O) groups excluding carboxylic acids is 3. The molecule has 0 bridgehead atoms. The molecule has 1 atom stereocenters. The SMILES string of the molecule is CC(=O)C(=O)OC(=O)CC(O)C(=O)O.[V].[Zn]. The summed E-state index contributed by atoms with van der Waals surface area (Å²) in [4.78, 5) is 41.5. The van der Waals surface area contributed by atoms with Crippen molar-refractivity contribution in [2.75, 3.05) is 0 Å². The number of ether oxygens (including phenoxy) is 1. The first-order chi connectivity index (χ1) is 6.34. The molecule has 0 aromatic carbocycles. The Morgan fingerprint density at radius 2 is 1.69 bits per heavy atom. The molecule has 7 nitrogen and oxygen atoms in total. The van der Waals surface area contributed by atoms with Crippen molar-refractivity contribution in [3.8, 4) is 0 Å². The molecule has 16 heavy (non-hydrogen) atoms. The van der Waals surface area contributed by atoms with Crippen LogP contribution in [0.15, 0.2) is 0 Å². The normalized spacial score (nSPS) is 10.1. The van der Waals surface area contributed by atoms with E-state index in [1.807, 2.05) is 0 Å². The molecule has 0 heterocycles. The first-order valence-electron chi connectivity index (χ1n) is 3.51. The van der Waals surface area contributed by atoms with E-state index in [1.54, 1.807) is 0 Å². The summed E-state index contributed by atoms with van der Waals surface area (Å²) in [6, 6.07) is 0. The minimum absolute atomic E-state index is 0. The number of hydrogen-bond donors (Lipinski definition) is 2. The Bertz CT molecular complexity index is 290. The van der Waals surface area contributed by atoms with Crippen molar-refractivity contribution in [1.82, 2.24) is 0 Å². The van der Waals surface area contributed by atoms with Crippen molar-refractivity contribution in [2.24, 2.45) is 0 Å². The van der Waals surface area contributed by atoms with E-state index in [0.29, 0.717) is 0 Å². The molecule has 0 aromatic rings. The summed E-state index contributed by atoms with van der Waals surface area (Å²) < 4.78 is 3.88. The van der Waals surface area contributed by atoms with Crippen LogP contribution in [0, 0.1) is 0 Å². The fourth-order valence-electron chi connectivity index (χ4n) is 0.462. The van der Waals surface area contributed by atoms with E-state index < -0.39 is 36.2 Å². The van der Waals surface area contributed by atoms with Gasteiger partial charge in [-0.2, -0.15) is 0 Å². The van der Waals surface area contributed by atoms with E-state index in [2.05, 4.69) is 4.74 Å². The number of carboxylic acid groups (broad SMARTS) is 1. The first-order valence-corrected chi connectivity index (χ1v) is 3.51. The predicted octanol–water partition coefficient (Wildman–Crippen LogP) is -1.52. The maximum atomic E-state index is 10.7. The first kappa shape index (κ1) is 20.8. The second-order valence-electron chi connectivity index (χ2n) is 2.38. The quantitative estimate of drug-likeness (QED) is 0.279. The van der Waals surface area contributed by atoms with Gasteiger partial charge in [0, 0.05) is 45.0 Å². The molecule has 0 aliphatic rings. The van der Waals surface area contributed by atoms with Crippen molar-refractivity contribution in [2.45, 2.75) is 19.4 Å². The van der Waals surface area contributed by atoms with Gasteiger partial charge >= 0.3 is 17.9 Å². The molecular weight excluding hydrogens is 312 g/mol. The second kappa shape index (κ2) is 9.66. The summed E-state index contributed by atoms with van der Waals surface area (Å²) >= 11 is 0. The van der Waals surface area contributed by atoms with E-state index in [-0.39, 0.29) is 38.0 Å². The van der Waals surface area contributed by atoms with E-state index in [1.165, 1.54) is 0 Å². The molecule has 0 aliphatic heterocycles. The van der Waals surface area contributed by atoms with Gasteiger partial charge in [-0.15, -0.1) is 0 Å². The van der Waals surface area contributed by atoms with Gasteiger partial charge in [-0.25, -0.2) is 9.59 Å². The average molecular weight is 320 g/mol. The van der Waals surface area contributed by atoms with Crippen LogP contribution in [-0.2, 0) is 61.9 Å². The Hall–Kier alpha value is -0.552. The summed E-state index contributed by atoms with van der Waals surface area (Å²) in [7, 11) is 0. The van der Waals surface area contributed by atoms with Crippen molar-refractivity contribution in [3.05, 3.63) is 0 Å². The minimum Gasteiger partial charge on any atom is -0.479 e. The molecule has 9 heteroatoms. The van der Waals surface area contributed by atoms with Gasteiger partial charge < -0.3 is 14.9 Å². The molecular formula is C7H8O7VZn. The molecule has 0 aliphatic carbocycles. The molecule has 0 amide bonds. The molecule has 0 spiro atoms. The Kier molecular flexibility index (Phi) is 12.6. The van der Waals surface area contributed by atoms with Gasteiger partial charge in [-0.05, 0) is 0 Å². The maximum absolute atomic E-state index is 10.7. The Morgan fingerprint density at radius 3 is 2.00 bits per heavy atom. The topological polar surface area (TPSA) is 118 Å². The van der Waals surface area contributed by atoms with Gasteiger partial charge in [0.2, 0.25) is 5.78 Å². The van der Waals surface area contributed by atoms with Gasteiger partial charge in [-0.1, -0.05) is 0 Å². The van der Waals surface area contributed by atoms with E-state index in [4.69, 9.17) is 10.2 Å². The molecule has 0 rings (SSSR count). The van der Waals surface area contributed by atoms with E-state index in [0.717, 1.165) is 6.92 Å². The van der Waals surface area contributed by atoms with Crippen LogP contribution in [0.3, 0.4) is 0 Å². The van der Waals surface area contributed by atoms with Crippen LogP contribution in [0.5, 0.6) is 0 Å². The number of aliphatic carboxylic acids is 1. The van der Waals surface area contributed by atoms with Gasteiger partial charge in [-0.3, -0.25) is 9.59 Å². The third-order valence-electron chi connectivity index (χ3n) is 1.14. The summed E-state index contributed by atoms with van der Waals surface area (Å²) in [5.74, 6) is -5.24. The summed E-state index contributed by atoms with van der Waals surface area (Å²) in [5, 5.41) is 16.8. The second-order valence-corrected chi connectivity index (χ2v) is 2.38. The van der Waals surface area contributed by atoms with Crippen LogP contribution in [0.4, 0.5) is 0 Å². The van der Waals surface area contributed by atoms with Crippen LogP contribution in [0.25, 0.3) is 0 Å². The fraction of sp³-hybridized carbons (Fsp3) is 0.429. The summed E-state index contributed by atoms with van der Waals surface area (Å²) in [6.07, 6.45) is -2.82. The number of carbonyl (C=O) groups is 4. The van der Waals surface area contributed by atoms with E-state index in [9.17, 15) is 19.2 Å². The van der Waals surface area contributed by atoms with Crippen LogP contribution >= 0.6 is 0 Å². The monoisotopic (exact) mass is 319 g/mol. The fourth-order valence-corrected chi connectivity index (χ4v) is 0.462. The van der Waals surface area contributed by atoms with Crippen molar-refractivity contribution in [1.29, 1.82) is 0 Å². The number of rotatable bonds is 4. The molecule has 1 unspecified atom stereocenters. The summed E-state index contributed by atoms with van der Waals surface area (Å²) in [6.45, 7) is 0.892. The Labute approximate surface area is 115 Å². The van der Waals surface area contributed by atoms with Gasteiger partial charge in [0.25, 0.3) is 0 Å². The van der Waals surface area contributed by atoms with Gasteiger partial charge in [0.05, 0.1) is 6.42 Å². The Morgan fingerprint density at radius 1 is 1.25 bits per heavy atom. The minimum atomic E-state index is -1.94. The number of Topliss-reactive ketones (excluding diaryl/α,β-unsaturated/α-hetero) is 1. The number of hydrogen-bond acceptors (Lipinski definition) is 6. The summed E-state index contributed by atoms with van der Waals surface area (Å²) in [5.41, 5.74) is 0. The zero-order valence-corrected chi connectivity index (χ0v) is 12.7. The van der Waals surface area contributed by atoms with Gasteiger partial charge in [0.15, 0.2) is 6.10 Å². The zero-order chi connectivity index (χ0) is 11.3. The van der Waals surface area contributed by atoms with E-state index >= 15 is 0 Å². The third kappa shape index (κ3) is 8.73. The van der Waals surface area contributed by atoms with Crippen molar-refractivity contribution >= 4 is 23.7 Å². The van der Waals surface area contributed by atoms with Crippen LogP contribution in [-0.4, -0.2) is 40.0 Å². The smallest absolute Gasteiger partial charge is 0.381 e. The van der Waals surface area contributed by atoms with Crippen LogP contribution in [0.1, 0.15) is 13.3 Å². The zero-order valence-electron chi connectivity index (χ0n) is 8.37. The molecule has 0 saturated heterocycles. The molecule has 1 radical (unpaired) electrons. The predicted molar refractivity (Wildman–Crippen MR) is 40.0 cm³/mol. The number of ketones is 1. The standard InChI is InChI=1S/C7H8O7.V.Zn/c1-3(8)7(13)14-5(10)2-4(9)6(11)12;;/h4,9H,2H2,1H3,(H,11,12);;. The largest absolute Gasteiger partial charge is 0.479 e. The molecule has 0 aromatic heterocycles. The van der Waals surface area contributed by atoms with Crippen molar-refractivity contribution < 1.29 is 72.2 Å². The van der Waals surface area contributed by atoms with Gasteiger partial charge in [0.1, 0.15) is 0 Å². The number of aliphatic hydroxyl groups excluding tert-OH is 1. The van der Waals surface area contributed by atoms with Crippen LogP contribution in [0.2, 0.25) is 0 Å². The molecule has 2 N–H and O–H groups in total. The van der Waals surface area contributed by atoms with Crippen LogP contribution < -0.4 is 0 Å². The number of carboxylic acids is 1. The Balaban J connectivity index is -0.000000845. The number of esters is 2. The molecule has 0 saturated carbocycles. The number of aliphatic hydroxyl groups is 1. The maximum Gasteiger partial charge on any atom is 0.381 e. The van der Waals surface area contributed by atoms with Crippen molar-refractivity contribution in [3.63, 3.8) is 0 Å². The third-order valence-corrected chi connectivity index (χ3v) is 1.14.